The minimum Gasteiger partial charge on any atom is -0.497 e. The minimum atomic E-state index is -0.260. The van der Waals surface area contributed by atoms with E-state index in [9.17, 15) is 4.79 Å². The molecule has 0 fully saturated rings. The molecule has 1 amide bonds. The molecule has 5 nitrogen and oxygen atoms in total. The number of rotatable bonds is 4. The van der Waals surface area contributed by atoms with Crippen molar-refractivity contribution in [2.24, 2.45) is 0 Å². The first kappa shape index (κ1) is 17.2. The van der Waals surface area contributed by atoms with Crippen LogP contribution in [0, 0.1) is 13.8 Å². The molecule has 0 aliphatic carbocycles. The zero-order chi connectivity index (χ0) is 18.0. The Morgan fingerprint density at radius 3 is 2.52 bits per heavy atom. The Labute approximate surface area is 154 Å². The molecule has 0 saturated carbocycles. The maximum absolute atomic E-state index is 12.5. The maximum Gasteiger partial charge on any atom is 0.258 e. The smallest absolute Gasteiger partial charge is 0.258 e. The highest BCUT2D eigenvalue weighted by molar-refractivity contribution is 9.10. The summed E-state index contributed by atoms with van der Waals surface area (Å²) in [5.41, 5.74) is 4.72. The van der Waals surface area contributed by atoms with Crippen molar-refractivity contribution in [1.82, 2.24) is 10.2 Å². The van der Waals surface area contributed by atoms with Crippen LogP contribution < -0.4 is 10.1 Å². The molecule has 0 spiro atoms. The lowest BCUT2D eigenvalue weighted by Crippen LogP contribution is -2.13. The first-order chi connectivity index (χ1) is 12.0. The molecule has 25 heavy (non-hydrogen) atoms. The van der Waals surface area contributed by atoms with Gasteiger partial charge >= 0.3 is 0 Å². The van der Waals surface area contributed by atoms with E-state index < -0.39 is 0 Å². The number of halogens is 1. The highest BCUT2D eigenvalue weighted by atomic mass is 79.9. The van der Waals surface area contributed by atoms with Crippen molar-refractivity contribution in [3.8, 4) is 17.0 Å². The van der Waals surface area contributed by atoms with E-state index in [0.717, 1.165) is 11.3 Å². The van der Waals surface area contributed by atoms with E-state index in [-0.39, 0.29) is 5.91 Å². The largest absolute Gasteiger partial charge is 0.497 e. The van der Waals surface area contributed by atoms with Crippen molar-refractivity contribution in [3.63, 3.8) is 0 Å². The normalized spacial score (nSPS) is 10.6. The molecule has 1 aromatic heterocycles. The second kappa shape index (κ2) is 7.11. The van der Waals surface area contributed by atoms with Gasteiger partial charge < -0.3 is 10.1 Å². The van der Waals surface area contributed by atoms with Gasteiger partial charge in [0.1, 0.15) is 5.75 Å². The molecule has 3 aromatic rings. The van der Waals surface area contributed by atoms with E-state index in [1.807, 2.05) is 6.07 Å². The van der Waals surface area contributed by atoms with Crippen LogP contribution in [-0.2, 0) is 0 Å². The molecule has 2 aromatic carbocycles. The summed E-state index contributed by atoms with van der Waals surface area (Å²) in [6.07, 6.45) is 0. The Hall–Kier alpha value is -2.60. The van der Waals surface area contributed by atoms with E-state index >= 15 is 0 Å². The fourth-order valence-corrected chi connectivity index (χ4v) is 3.08. The number of nitrogens with zero attached hydrogens (tertiary/aromatic N) is 1. The highest BCUT2D eigenvalue weighted by Gasteiger charge is 2.14. The maximum atomic E-state index is 12.5. The number of carbonyl (C=O) groups is 1. The molecule has 1 heterocycles. The van der Waals surface area contributed by atoms with Gasteiger partial charge in [-0.25, -0.2) is 0 Å². The SMILES string of the molecule is COc1ccc(Br)c(C(=O)Nc2cc(-c3cc(C)cc(C)c3)[nH]n2)c1. The average molecular weight is 400 g/mol. The van der Waals surface area contributed by atoms with E-state index in [1.165, 1.54) is 11.1 Å². The van der Waals surface area contributed by atoms with Crippen LogP contribution in [0.25, 0.3) is 11.3 Å². The molecule has 0 radical (unpaired) electrons. The van der Waals surface area contributed by atoms with Gasteiger partial charge in [-0.15, -0.1) is 0 Å². The number of aryl methyl sites for hydroxylation is 2. The predicted octanol–water partition coefficient (Wildman–Crippen LogP) is 4.72. The number of carbonyl (C=O) groups excluding carboxylic acids is 1. The van der Waals surface area contributed by atoms with Crippen molar-refractivity contribution in [3.05, 3.63) is 63.6 Å². The molecule has 3 rings (SSSR count). The molecule has 0 aliphatic heterocycles. The van der Waals surface area contributed by atoms with Crippen LogP contribution in [-0.4, -0.2) is 23.2 Å². The third kappa shape index (κ3) is 3.91. The quantitative estimate of drug-likeness (QED) is 0.666. The van der Waals surface area contributed by atoms with E-state index in [0.29, 0.717) is 21.6 Å². The van der Waals surface area contributed by atoms with Crippen LogP contribution in [0.2, 0.25) is 0 Å². The zero-order valence-electron chi connectivity index (χ0n) is 14.2. The Morgan fingerprint density at radius 1 is 1.12 bits per heavy atom. The van der Waals surface area contributed by atoms with Gasteiger partial charge in [-0.3, -0.25) is 9.89 Å². The van der Waals surface area contributed by atoms with Crippen molar-refractivity contribution in [2.75, 3.05) is 12.4 Å². The molecule has 128 valence electrons. The molecular formula is C19H18BrN3O2. The summed E-state index contributed by atoms with van der Waals surface area (Å²) < 4.78 is 5.86. The zero-order valence-corrected chi connectivity index (χ0v) is 15.8. The number of methoxy groups -OCH3 is 1. The third-order valence-corrected chi connectivity index (χ3v) is 4.46. The number of ether oxygens (including phenoxy) is 1. The number of benzene rings is 2. The summed E-state index contributed by atoms with van der Waals surface area (Å²) in [6.45, 7) is 4.10. The van der Waals surface area contributed by atoms with E-state index in [1.54, 1.807) is 25.3 Å². The van der Waals surface area contributed by atoms with Crippen LogP contribution in [0.15, 0.2) is 46.9 Å². The molecule has 0 unspecified atom stereocenters. The second-order valence-corrected chi connectivity index (χ2v) is 6.70. The number of amides is 1. The van der Waals surface area contributed by atoms with Crippen LogP contribution in [0.1, 0.15) is 21.5 Å². The van der Waals surface area contributed by atoms with Gasteiger partial charge in [0, 0.05) is 16.1 Å². The Bertz CT molecular complexity index is 914. The van der Waals surface area contributed by atoms with Crippen molar-refractivity contribution >= 4 is 27.7 Å². The molecule has 6 heteroatoms. The van der Waals surface area contributed by atoms with E-state index in [2.05, 4.69) is 63.5 Å². The fourth-order valence-electron chi connectivity index (χ4n) is 2.65. The van der Waals surface area contributed by atoms with Crippen molar-refractivity contribution in [2.45, 2.75) is 13.8 Å². The third-order valence-electron chi connectivity index (χ3n) is 3.77. The van der Waals surface area contributed by atoms with Crippen LogP contribution in [0.5, 0.6) is 5.75 Å². The molecule has 0 atom stereocenters. The molecule has 0 saturated heterocycles. The van der Waals surface area contributed by atoms with Gasteiger partial charge in [-0.1, -0.05) is 17.2 Å². The molecule has 0 bridgehead atoms. The summed E-state index contributed by atoms with van der Waals surface area (Å²) in [7, 11) is 1.56. The summed E-state index contributed by atoms with van der Waals surface area (Å²) in [5.74, 6) is 0.824. The summed E-state index contributed by atoms with van der Waals surface area (Å²) >= 11 is 3.39. The molecule has 2 N–H and O–H groups in total. The number of anilines is 1. The Morgan fingerprint density at radius 2 is 1.84 bits per heavy atom. The number of hydrogen-bond donors (Lipinski definition) is 2. The van der Waals surface area contributed by atoms with Gasteiger partial charge in [0.15, 0.2) is 5.82 Å². The molecule has 0 aliphatic rings. The van der Waals surface area contributed by atoms with Crippen LogP contribution >= 0.6 is 15.9 Å². The van der Waals surface area contributed by atoms with Gasteiger partial charge in [0.2, 0.25) is 0 Å². The first-order valence-corrected chi connectivity index (χ1v) is 8.54. The van der Waals surface area contributed by atoms with Crippen molar-refractivity contribution < 1.29 is 9.53 Å². The molecular weight excluding hydrogens is 382 g/mol. The number of hydrogen-bond acceptors (Lipinski definition) is 3. The van der Waals surface area contributed by atoms with Crippen LogP contribution in [0.4, 0.5) is 5.82 Å². The van der Waals surface area contributed by atoms with Gasteiger partial charge in [0.25, 0.3) is 5.91 Å². The number of aromatic amines is 1. The summed E-state index contributed by atoms with van der Waals surface area (Å²) in [6, 6.07) is 13.3. The Balaban J connectivity index is 1.83. The predicted molar refractivity (Wildman–Crippen MR) is 102 cm³/mol. The minimum absolute atomic E-state index is 0.260. The summed E-state index contributed by atoms with van der Waals surface area (Å²) in [5, 5.41) is 9.96. The van der Waals surface area contributed by atoms with Crippen LogP contribution in [0.3, 0.4) is 0 Å². The Kier molecular flexibility index (Phi) is 4.90. The van der Waals surface area contributed by atoms with Gasteiger partial charge in [-0.05, 0) is 60.1 Å². The first-order valence-electron chi connectivity index (χ1n) is 7.75. The lowest BCUT2D eigenvalue weighted by Gasteiger charge is -2.06. The number of H-pyrrole nitrogens is 1. The monoisotopic (exact) mass is 399 g/mol. The number of aromatic nitrogens is 2. The lowest BCUT2D eigenvalue weighted by molar-refractivity contribution is 0.102. The standard InChI is InChI=1S/C19H18BrN3O2/c1-11-6-12(2)8-13(7-11)17-10-18(23-22-17)21-19(24)15-9-14(25-3)4-5-16(15)20/h4-10H,1-3H3,(H2,21,22,23,24). The lowest BCUT2D eigenvalue weighted by atomic mass is 10.1. The topological polar surface area (TPSA) is 67.0 Å². The average Bonchev–Trinajstić information content (AvgIpc) is 3.03. The highest BCUT2D eigenvalue weighted by Crippen LogP contribution is 2.25. The van der Waals surface area contributed by atoms with Gasteiger partial charge in [0.05, 0.1) is 18.4 Å². The summed E-state index contributed by atoms with van der Waals surface area (Å²) in [4.78, 5) is 12.5. The van der Waals surface area contributed by atoms with E-state index in [4.69, 9.17) is 4.74 Å². The second-order valence-electron chi connectivity index (χ2n) is 5.84. The van der Waals surface area contributed by atoms with Gasteiger partial charge in [-0.2, -0.15) is 5.10 Å². The fraction of sp³-hybridized carbons (Fsp3) is 0.158. The van der Waals surface area contributed by atoms with Crippen molar-refractivity contribution in [1.29, 1.82) is 0 Å². The number of nitrogens with one attached hydrogen (secondary N) is 2.